The van der Waals surface area contributed by atoms with Gasteiger partial charge in [0.05, 0.1) is 6.42 Å². The van der Waals surface area contributed by atoms with E-state index in [0.29, 0.717) is 11.5 Å². The third-order valence-corrected chi connectivity index (χ3v) is 2.83. The maximum absolute atomic E-state index is 10.7. The molecule has 0 saturated heterocycles. The zero-order valence-electron chi connectivity index (χ0n) is 9.60. The molecule has 0 amide bonds. The number of carbonyl (C=O) groups is 1. The molecule has 5 nitrogen and oxygen atoms in total. The molecular weight excluding hydrogens is 222 g/mol. The van der Waals surface area contributed by atoms with E-state index in [1.807, 2.05) is 13.0 Å². The van der Waals surface area contributed by atoms with E-state index < -0.39 is 12.0 Å². The van der Waals surface area contributed by atoms with Gasteiger partial charge < -0.3 is 20.3 Å². The van der Waals surface area contributed by atoms with E-state index in [2.05, 4.69) is 0 Å². The van der Waals surface area contributed by atoms with E-state index in [9.17, 15) is 4.79 Å². The van der Waals surface area contributed by atoms with Crippen molar-refractivity contribution in [2.45, 2.75) is 25.8 Å². The fraction of sp³-hybridized carbons (Fsp3) is 0.417. The molecular formula is C12H15NO4. The van der Waals surface area contributed by atoms with Crippen molar-refractivity contribution in [2.75, 3.05) is 6.79 Å². The lowest BCUT2D eigenvalue weighted by Gasteiger charge is -2.15. The fourth-order valence-corrected chi connectivity index (χ4v) is 2.06. The minimum absolute atomic E-state index is 0.0906. The number of ether oxygens (including phenoxy) is 2. The van der Waals surface area contributed by atoms with Crippen molar-refractivity contribution in [3.05, 3.63) is 23.3 Å². The van der Waals surface area contributed by atoms with Crippen LogP contribution in [0.2, 0.25) is 0 Å². The van der Waals surface area contributed by atoms with Gasteiger partial charge in [0, 0.05) is 11.6 Å². The van der Waals surface area contributed by atoms with Crippen LogP contribution in [0.4, 0.5) is 0 Å². The summed E-state index contributed by atoms with van der Waals surface area (Å²) in [6, 6.07) is 3.08. The molecule has 0 saturated carbocycles. The Hall–Kier alpha value is -1.75. The Morgan fingerprint density at radius 3 is 2.94 bits per heavy atom. The summed E-state index contributed by atoms with van der Waals surface area (Å²) in [6.45, 7) is 2.19. The number of hydrogen-bond acceptors (Lipinski definition) is 4. The summed E-state index contributed by atoms with van der Waals surface area (Å²) < 4.78 is 10.7. The van der Waals surface area contributed by atoms with Crippen molar-refractivity contribution in [1.82, 2.24) is 0 Å². The molecule has 17 heavy (non-hydrogen) atoms. The van der Waals surface area contributed by atoms with Gasteiger partial charge in [-0.15, -0.1) is 0 Å². The number of carboxylic acid groups (broad SMARTS) is 1. The maximum Gasteiger partial charge on any atom is 0.305 e. The van der Waals surface area contributed by atoms with Gasteiger partial charge in [-0.05, 0) is 18.1 Å². The molecule has 0 aliphatic carbocycles. The average molecular weight is 237 g/mol. The van der Waals surface area contributed by atoms with Crippen molar-refractivity contribution >= 4 is 5.97 Å². The predicted octanol–water partition coefficient (Wildman–Crippen LogP) is 1.45. The zero-order chi connectivity index (χ0) is 12.4. The highest BCUT2D eigenvalue weighted by Crippen LogP contribution is 2.39. The van der Waals surface area contributed by atoms with Gasteiger partial charge in [0.25, 0.3) is 0 Å². The molecule has 0 bridgehead atoms. The molecule has 0 aromatic heterocycles. The Morgan fingerprint density at radius 2 is 2.29 bits per heavy atom. The third kappa shape index (κ3) is 2.19. The molecule has 1 aliphatic heterocycles. The first-order valence-electron chi connectivity index (χ1n) is 5.52. The Balaban J connectivity index is 2.37. The molecule has 92 valence electrons. The minimum Gasteiger partial charge on any atom is -0.481 e. The summed E-state index contributed by atoms with van der Waals surface area (Å²) in [5, 5.41) is 8.77. The molecule has 1 aliphatic rings. The molecule has 1 aromatic rings. The number of rotatable bonds is 4. The number of nitrogens with two attached hydrogens (primary N) is 1. The Bertz CT molecular complexity index is 444. The number of aliphatic carboxylic acids is 1. The summed E-state index contributed by atoms with van der Waals surface area (Å²) in [5.41, 5.74) is 7.65. The second-order valence-electron chi connectivity index (χ2n) is 3.93. The molecule has 0 spiro atoms. The summed E-state index contributed by atoms with van der Waals surface area (Å²) >= 11 is 0. The third-order valence-electron chi connectivity index (χ3n) is 2.83. The SMILES string of the molecule is CCc1c(C(N)CC(=O)O)ccc2c1OCO2. The lowest BCUT2D eigenvalue weighted by atomic mass is 9.96. The van der Waals surface area contributed by atoms with Crippen LogP contribution in [-0.2, 0) is 11.2 Å². The van der Waals surface area contributed by atoms with Gasteiger partial charge in [0.2, 0.25) is 6.79 Å². The Labute approximate surface area is 99.1 Å². The van der Waals surface area contributed by atoms with E-state index in [0.717, 1.165) is 17.5 Å². The molecule has 1 heterocycles. The Kier molecular flexibility index (Phi) is 3.19. The monoisotopic (exact) mass is 237 g/mol. The molecule has 5 heteroatoms. The predicted molar refractivity (Wildman–Crippen MR) is 61.1 cm³/mol. The lowest BCUT2D eigenvalue weighted by molar-refractivity contribution is -0.137. The van der Waals surface area contributed by atoms with Crippen LogP contribution in [-0.4, -0.2) is 17.9 Å². The van der Waals surface area contributed by atoms with Crippen LogP contribution in [0.3, 0.4) is 0 Å². The van der Waals surface area contributed by atoms with Crippen molar-refractivity contribution in [2.24, 2.45) is 5.73 Å². The standard InChI is InChI=1S/C12H15NO4/c1-2-7-8(9(13)5-11(14)15)3-4-10-12(7)17-6-16-10/h3-4,9H,2,5-6,13H2,1H3,(H,14,15). The van der Waals surface area contributed by atoms with Crippen LogP contribution in [0, 0.1) is 0 Å². The molecule has 3 N–H and O–H groups in total. The van der Waals surface area contributed by atoms with Crippen LogP contribution >= 0.6 is 0 Å². The highest BCUT2D eigenvalue weighted by Gasteiger charge is 2.23. The fourth-order valence-electron chi connectivity index (χ4n) is 2.06. The van der Waals surface area contributed by atoms with Gasteiger partial charge in [-0.1, -0.05) is 13.0 Å². The van der Waals surface area contributed by atoms with Crippen molar-refractivity contribution < 1.29 is 19.4 Å². The van der Waals surface area contributed by atoms with Crippen LogP contribution in [0.5, 0.6) is 11.5 Å². The van der Waals surface area contributed by atoms with Gasteiger partial charge in [0.15, 0.2) is 11.5 Å². The van der Waals surface area contributed by atoms with Crippen molar-refractivity contribution in [1.29, 1.82) is 0 Å². The Morgan fingerprint density at radius 1 is 1.53 bits per heavy atom. The molecule has 1 aromatic carbocycles. The van der Waals surface area contributed by atoms with Gasteiger partial charge in [-0.2, -0.15) is 0 Å². The number of hydrogen-bond donors (Lipinski definition) is 2. The smallest absolute Gasteiger partial charge is 0.305 e. The van der Waals surface area contributed by atoms with E-state index in [-0.39, 0.29) is 13.2 Å². The van der Waals surface area contributed by atoms with E-state index in [1.165, 1.54) is 0 Å². The van der Waals surface area contributed by atoms with Crippen molar-refractivity contribution in [3.63, 3.8) is 0 Å². The van der Waals surface area contributed by atoms with E-state index >= 15 is 0 Å². The summed E-state index contributed by atoms with van der Waals surface area (Å²) in [7, 11) is 0. The van der Waals surface area contributed by atoms with Crippen LogP contribution in [0.15, 0.2) is 12.1 Å². The summed E-state index contributed by atoms with van der Waals surface area (Å²) in [4.78, 5) is 10.7. The normalized spacial score (nSPS) is 14.7. The lowest BCUT2D eigenvalue weighted by Crippen LogP contribution is -2.16. The van der Waals surface area contributed by atoms with E-state index in [1.54, 1.807) is 6.07 Å². The average Bonchev–Trinajstić information content (AvgIpc) is 2.74. The first-order chi connectivity index (χ1) is 8.13. The number of carboxylic acids is 1. The van der Waals surface area contributed by atoms with Gasteiger partial charge in [-0.3, -0.25) is 4.79 Å². The number of fused-ring (bicyclic) bond motifs is 1. The molecule has 1 unspecified atom stereocenters. The largest absolute Gasteiger partial charge is 0.481 e. The minimum atomic E-state index is -0.905. The quantitative estimate of drug-likeness (QED) is 0.828. The maximum atomic E-state index is 10.7. The van der Waals surface area contributed by atoms with Crippen molar-refractivity contribution in [3.8, 4) is 11.5 Å². The highest BCUT2D eigenvalue weighted by atomic mass is 16.7. The molecule has 1 atom stereocenters. The van der Waals surface area contributed by atoms with Crippen LogP contribution in [0.1, 0.15) is 30.5 Å². The second-order valence-corrected chi connectivity index (χ2v) is 3.93. The van der Waals surface area contributed by atoms with E-state index in [4.69, 9.17) is 20.3 Å². The first-order valence-corrected chi connectivity index (χ1v) is 5.52. The molecule has 0 fully saturated rings. The first kappa shape index (κ1) is 11.7. The topological polar surface area (TPSA) is 81.8 Å². The molecule has 0 radical (unpaired) electrons. The van der Waals surface area contributed by atoms with Crippen LogP contribution in [0.25, 0.3) is 0 Å². The summed E-state index contributed by atoms with van der Waals surface area (Å²) in [6.07, 6.45) is 0.641. The van der Waals surface area contributed by atoms with Crippen LogP contribution < -0.4 is 15.2 Å². The molecule has 2 rings (SSSR count). The zero-order valence-corrected chi connectivity index (χ0v) is 9.60. The second kappa shape index (κ2) is 4.63. The van der Waals surface area contributed by atoms with Gasteiger partial charge in [0.1, 0.15) is 0 Å². The summed E-state index contributed by atoms with van der Waals surface area (Å²) in [5.74, 6) is 0.496. The highest BCUT2D eigenvalue weighted by molar-refractivity contribution is 5.68. The van der Waals surface area contributed by atoms with Gasteiger partial charge in [-0.25, -0.2) is 0 Å². The van der Waals surface area contributed by atoms with Gasteiger partial charge >= 0.3 is 5.97 Å². The number of benzene rings is 1.